The Kier molecular flexibility index (Phi) is 11.7. The van der Waals surface area contributed by atoms with Crippen LogP contribution in [0.4, 0.5) is 18.9 Å². The Hall–Kier alpha value is -4.25. The first-order valence-corrected chi connectivity index (χ1v) is 17.5. The van der Waals surface area contributed by atoms with Crippen LogP contribution in [0.25, 0.3) is 0 Å². The van der Waals surface area contributed by atoms with Gasteiger partial charge >= 0.3 is 12.1 Å². The number of carboxylic acids is 1. The first kappa shape index (κ1) is 37.0. The van der Waals surface area contributed by atoms with Crippen molar-refractivity contribution in [1.82, 2.24) is 5.32 Å². The molecule has 50 heavy (non-hydrogen) atoms. The van der Waals surface area contributed by atoms with Gasteiger partial charge in [0.1, 0.15) is 11.5 Å². The molecule has 2 aromatic rings. The van der Waals surface area contributed by atoms with E-state index >= 15 is 0 Å². The number of rotatable bonds is 14. The molecule has 1 heterocycles. The highest BCUT2D eigenvalue weighted by Gasteiger charge is 2.55. The van der Waals surface area contributed by atoms with Crippen molar-refractivity contribution in [3.63, 3.8) is 0 Å². The molecule has 1 saturated carbocycles. The third kappa shape index (κ3) is 8.20. The summed E-state index contributed by atoms with van der Waals surface area (Å²) in [6.07, 6.45) is 8.32. The van der Waals surface area contributed by atoms with Gasteiger partial charge in [-0.2, -0.15) is 13.2 Å². The third-order valence-electron chi connectivity index (χ3n) is 10.3. The Bertz CT molecular complexity index is 1630. The van der Waals surface area contributed by atoms with E-state index in [-0.39, 0.29) is 36.1 Å². The lowest BCUT2D eigenvalue weighted by atomic mass is 9.59. The molecular weight excluding hydrogens is 649 g/mol. The maximum Gasteiger partial charge on any atom is 0.393 e. The molecule has 6 unspecified atom stereocenters. The minimum absolute atomic E-state index is 0.134. The van der Waals surface area contributed by atoms with Crippen LogP contribution in [0.15, 0.2) is 84.0 Å². The van der Waals surface area contributed by atoms with Crippen molar-refractivity contribution < 1.29 is 37.5 Å². The van der Waals surface area contributed by atoms with Crippen LogP contribution in [-0.4, -0.2) is 41.2 Å². The largest absolute Gasteiger partial charge is 0.550 e. The van der Waals surface area contributed by atoms with E-state index < -0.39 is 52.9 Å². The number of nitro benzene ring substituents is 1. The maximum atomic E-state index is 14.7. The van der Waals surface area contributed by atoms with Crippen LogP contribution in [-0.2, 0) is 26.2 Å². The second-order valence-electron chi connectivity index (χ2n) is 13.7. The molecule has 1 aliphatic heterocycles. The Labute approximate surface area is 290 Å². The van der Waals surface area contributed by atoms with Gasteiger partial charge < -0.3 is 20.0 Å². The average molecular weight is 694 g/mol. The van der Waals surface area contributed by atoms with Crippen LogP contribution in [0.2, 0.25) is 0 Å². The highest BCUT2D eigenvalue weighted by molar-refractivity contribution is 5.90. The van der Waals surface area contributed by atoms with Crippen molar-refractivity contribution in [2.45, 2.75) is 114 Å². The topological polar surface area (TPSA) is 122 Å². The molecule has 1 N–H and O–H groups in total. The zero-order valence-corrected chi connectivity index (χ0v) is 28.4. The molecule has 6 atom stereocenters. The highest BCUT2D eigenvalue weighted by Crippen LogP contribution is 2.51. The predicted octanol–water partition coefficient (Wildman–Crippen LogP) is 7.33. The van der Waals surface area contributed by atoms with Gasteiger partial charge in [-0.25, -0.2) is 0 Å². The van der Waals surface area contributed by atoms with Gasteiger partial charge in [0.15, 0.2) is 0 Å². The Morgan fingerprint density at radius 2 is 1.74 bits per heavy atom. The first-order chi connectivity index (χ1) is 23.9. The summed E-state index contributed by atoms with van der Waals surface area (Å²) in [4.78, 5) is 38.3. The SMILES string of the molecule is CCCCCCCC(CC)OC(=O)C1(c2ccc([N+](=O)[O-])cc2)CC(C(=O)[O-])CC2NC3C(=CC=CC3c3ccc(CC(F)(F)F)cc3)C=C21. The number of allylic oxidation sites excluding steroid dienone is 2. The molecule has 8 nitrogen and oxygen atoms in total. The number of carbonyl (C=O) groups excluding carboxylic acids is 2. The lowest BCUT2D eigenvalue weighted by molar-refractivity contribution is -0.384. The molecule has 0 radical (unpaired) electrons. The van der Waals surface area contributed by atoms with E-state index in [1.807, 2.05) is 31.2 Å². The average Bonchev–Trinajstić information content (AvgIpc) is 3.09. The number of nitrogens with zero attached hydrogens (tertiary/aromatic N) is 1. The zero-order valence-electron chi connectivity index (χ0n) is 28.4. The third-order valence-corrected chi connectivity index (χ3v) is 10.3. The monoisotopic (exact) mass is 693 g/mol. The number of alkyl halides is 3. The zero-order chi connectivity index (χ0) is 36.1. The normalized spacial score (nSPS) is 25.1. The van der Waals surface area contributed by atoms with Crippen molar-refractivity contribution in [2.75, 3.05) is 0 Å². The molecule has 268 valence electrons. The summed E-state index contributed by atoms with van der Waals surface area (Å²) in [5.74, 6) is -3.24. The van der Waals surface area contributed by atoms with E-state index in [9.17, 15) is 38.0 Å². The number of hydrogen-bond donors (Lipinski definition) is 1. The van der Waals surface area contributed by atoms with Gasteiger partial charge in [-0.1, -0.05) is 100 Å². The molecule has 1 fully saturated rings. The fourth-order valence-corrected chi connectivity index (χ4v) is 7.72. The van der Waals surface area contributed by atoms with Crippen LogP contribution in [0, 0.1) is 16.0 Å². The number of non-ortho nitro benzene ring substituents is 1. The van der Waals surface area contributed by atoms with Crippen LogP contribution in [0.1, 0.15) is 94.2 Å². The maximum absolute atomic E-state index is 14.7. The van der Waals surface area contributed by atoms with E-state index in [1.165, 1.54) is 36.4 Å². The fraction of sp³-hybridized carbons (Fsp3) is 0.487. The predicted molar refractivity (Wildman–Crippen MR) is 181 cm³/mol. The number of carboxylic acid groups (broad SMARTS) is 1. The van der Waals surface area contributed by atoms with Crippen molar-refractivity contribution >= 4 is 17.6 Å². The molecule has 0 saturated heterocycles. The first-order valence-electron chi connectivity index (χ1n) is 17.5. The molecule has 5 rings (SSSR count). The van der Waals surface area contributed by atoms with E-state index in [0.29, 0.717) is 24.0 Å². The Balaban J connectivity index is 1.54. The van der Waals surface area contributed by atoms with Crippen LogP contribution >= 0.6 is 0 Å². The molecule has 2 aromatic carbocycles. The number of esters is 1. The van der Waals surface area contributed by atoms with Gasteiger partial charge in [-0.3, -0.25) is 14.9 Å². The molecule has 0 bridgehead atoms. The summed E-state index contributed by atoms with van der Waals surface area (Å²) in [5, 5.41) is 27.8. The quantitative estimate of drug-likeness (QED) is 0.0952. The van der Waals surface area contributed by atoms with E-state index in [4.69, 9.17) is 4.74 Å². The number of benzene rings is 2. The van der Waals surface area contributed by atoms with Gasteiger partial charge in [0.25, 0.3) is 5.69 Å². The summed E-state index contributed by atoms with van der Waals surface area (Å²) in [6.45, 7) is 4.08. The smallest absolute Gasteiger partial charge is 0.393 e. The van der Waals surface area contributed by atoms with E-state index in [1.54, 1.807) is 12.1 Å². The summed E-state index contributed by atoms with van der Waals surface area (Å²) < 4.78 is 45.3. The van der Waals surface area contributed by atoms with Crippen molar-refractivity contribution in [3.8, 4) is 0 Å². The number of ether oxygens (including phenoxy) is 1. The Morgan fingerprint density at radius 1 is 1.04 bits per heavy atom. The molecule has 2 aliphatic carbocycles. The molecular formula is C39H44F3N2O6-. The van der Waals surface area contributed by atoms with Crippen LogP contribution < -0.4 is 10.4 Å². The second-order valence-corrected chi connectivity index (χ2v) is 13.7. The molecule has 0 spiro atoms. The van der Waals surface area contributed by atoms with Gasteiger partial charge in [0.05, 0.1) is 11.3 Å². The van der Waals surface area contributed by atoms with E-state index in [2.05, 4.69) is 12.2 Å². The van der Waals surface area contributed by atoms with E-state index in [0.717, 1.165) is 43.2 Å². The summed E-state index contributed by atoms with van der Waals surface area (Å²) in [6, 6.07) is 11.0. The Morgan fingerprint density at radius 3 is 2.36 bits per heavy atom. The summed E-state index contributed by atoms with van der Waals surface area (Å²) in [5.41, 5.74) is 1.02. The van der Waals surface area contributed by atoms with Crippen molar-refractivity contribution in [3.05, 3.63) is 111 Å². The number of unbranched alkanes of at least 4 members (excludes halogenated alkanes) is 4. The number of carbonyl (C=O) groups is 2. The number of hydrogen-bond acceptors (Lipinski definition) is 7. The standard InChI is InChI=1S/C39H45F3N2O6/c1-3-5-6-7-8-11-31(4-2)50-37(47)38(29-17-19-30(20-18-29)44(48)49)24-28(36(45)46)22-34-33(38)21-27-10-9-12-32(35(27)43-34)26-15-13-25(14-16-26)23-39(40,41)42/h9-10,12-21,28,31-32,34-35,43H,3-8,11,22-24H2,1-2H3,(H,45,46)/p-1. The molecule has 11 heteroatoms. The summed E-state index contributed by atoms with van der Waals surface area (Å²) >= 11 is 0. The number of aliphatic carboxylic acids is 1. The minimum Gasteiger partial charge on any atom is -0.550 e. The van der Waals surface area contributed by atoms with Crippen LogP contribution in [0.3, 0.4) is 0 Å². The van der Waals surface area contributed by atoms with Gasteiger partial charge in [0.2, 0.25) is 0 Å². The van der Waals surface area contributed by atoms with Crippen molar-refractivity contribution in [1.29, 1.82) is 0 Å². The number of nitrogens with one attached hydrogen (secondary N) is 1. The summed E-state index contributed by atoms with van der Waals surface area (Å²) in [7, 11) is 0. The minimum atomic E-state index is -4.33. The number of halogens is 3. The van der Waals surface area contributed by atoms with Gasteiger partial charge in [0, 0.05) is 42.0 Å². The molecule has 0 amide bonds. The second kappa shape index (κ2) is 15.7. The van der Waals surface area contributed by atoms with Gasteiger partial charge in [-0.15, -0.1) is 0 Å². The van der Waals surface area contributed by atoms with Gasteiger partial charge in [-0.05, 0) is 59.9 Å². The molecule has 3 aliphatic rings. The highest BCUT2D eigenvalue weighted by atomic mass is 19.4. The fourth-order valence-electron chi connectivity index (χ4n) is 7.72. The lowest BCUT2D eigenvalue weighted by Gasteiger charge is -2.50. The number of nitro groups is 1. The molecule has 0 aromatic heterocycles. The van der Waals surface area contributed by atoms with Crippen LogP contribution in [0.5, 0.6) is 0 Å². The lowest BCUT2D eigenvalue weighted by Crippen LogP contribution is -2.59. The van der Waals surface area contributed by atoms with Crippen molar-refractivity contribution in [2.24, 2.45) is 5.92 Å². The number of fused-ring (bicyclic) bond motifs is 2.